The van der Waals surface area contributed by atoms with E-state index in [0.29, 0.717) is 23.6 Å². The Balaban J connectivity index is 1.97. The number of rotatable bonds is 7. The van der Waals surface area contributed by atoms with Gasteiger partial charge in [0.15, 0.2) is 0 Å². The van der Waals surface area contributed by atoms with Crippen LogP contribution in [0, 0.1) is 5.92 Å². The number of nitrogens with zero attached hydrogens (tertiary/aromatic N) is 1. The largest absolute Gasteiger partial charge is 0.308 e. The Bertz CT molecular complexity index is 1080. The molecule has 1 unspecified atom stereocenters. The Morgan fingerprint density at radius 1 is 1.11 bits per heavy atom. The summed E-state index contributed by atoms with van der Waals surface area (Å²) >= 11 is 1.07. The highest BCUT2D eigenvalue weighted by Gasteiger charge is 2.23. The molecule has 0 bridgehead atoms. The first-order valence-corrected chi connectivity index (χ1v) is 11.3. The molecular formula is C20H24N2O3S2. The maximum Gasteiger partial charge on any atom is 0.308 e. The number of aromatic nitrogens is 1. The Labute approximate surface area is 163 Å². The predicted molar refractivity (Wildman–Crippen MR) is 111 cm³/mol. The number of benzene rings is 2. The molecule has 0 saturated heterocycles. The van der Waals surface area contributed by atoms with Crippen molar-refractivity contribution in [2.24, 2.45) is 5.92 Å². The van der Waals surface area contributed by atoms with Crippen LogP contribution in [0.5, 0.6) is 0 Å². The summed E-state index contributed by atoms with van der Waals surface area (Å²) in [6, 6.07) is 14.2. The smallest absolute Gasteiger partial charge is 0.299 e. The summed E-state index contributed by atoms with van der Waals surface area (Å²) in [6.07, 6.45) is 0.699. The van der Waals surface area contributed by atoms with Crippen molar-refractivity contribution in [3.63, 3.8) is 0 Å². The number of fused-ring (bicyclic) bond motifs is 1. The summed E-state index contributed by atoms with van der Waals surface area (Å²) < 4.78 is 31.2. The van der Waals surface area contributed by atoms with Crippen molar-refractivity contribution in [2.45, 2.75) is 44.7 Å². The SMILES string of the molecule is CCn1c(=O)sc2cc(S(=O)(=O)NC(CC(C)C)c3ccccc3)ccc21. The first-order chi connectivity index (χ1) is 12.8. The van der Waals surface area contributed by atoms with E-state index in [1.807, 2.05) is 37.3 Å². The lowest BCUT2D eigenvalue weighted by molar-refractivity contribution is 0.472. The van der Waals surface area contributed by atoms with Gasteiger partial charge in [0.05, 0.1) is 15.1 Å². The van der Waals surface area contributed by atoms with Crippen LogP contribution in [-0.4, -0.2) is 13.0 Å². The standard InChI is InChI=1S/C20H24N2O3S2/c1-4-22-18-11-10-16(13-19(18)26-20(22)23)27(24,25)21-17(12-14(2)3)15-8-6-5-7-9-15/h5-11,13-14,17,21H,4,12H2,1-3H3. The molecule has 1 N–H and O–H groups in total. The maximum atomic E-state index is 13.0. The molecule has 3 rings (SSSR count). The highest BCUT2D eigenvalue weighted by atomic mass is 32.2. The molecule has 2 aromatic carbocycles. The van der Waals surface area contributed by atoms with Gasteiger partial charge in [-0.25, -0.2) is 13.1 Å². The van der Waals surface area contributed by atoms with Crippen LogP contribution in [-0.2, 0) is 16.6 Å². The van der Waals surface area contributed by atoms with Crippen LogP contribution in [0.2, 0.25) is 0 Å². The molecule has 1 aromatic heterocycles. The van der Waals surface area contributed by atoms with Crippen LogP contribution >= 0.6 is 11.3 Å². The van der Waals surface area contributed by atoms with Crippen molar-refractivity contribution < 1.29 is 8.42 Å². The second-order valence-corrected chi connectivity index (χ2v) is 9.66. The Morgan fingerprint density at radius 2 is 1.81 bits per heavy atom. The Morgan fingerprint density at radius 3 is 2.44 bits per heavy atom. The van der Waals surface area contributed by atoms with Gasteiger partial charge in [0.2, 0.25) is 10.0 Å². The van der Waals surface area contributed by atoms with Crippen molar-refractivity contribution >= 4 is 31.6 Å². The van der Waals surface area contributed by atoms with Gasteiger partial charge in [0, 0.05) is 12.6 Å². The summed E-state index contributed by atoms with van der Waals surface area (Å²) in [6.45, 7) is 6.60. The van der Waals surface area contributed by atoms with E-state index in [1.165, 1.54) is 0 Å². The third-order valence-corrected chi connectivity index (χ3v) is 6.88. The topological polar surface area (TPSA) is 68.2 Å². The average Bonchev–Trinajstić information content (AvgIpc) is 2.95. The fraction of sp³-hybridized carbons (Fsp3) is 0.350. The monoisotopic (exact) mass is 404 g/mol. The molecule has 0 fully saturated rings. The first-order valence-electron chi connectivity index (χ1n) is 9.02. The Kier molecular flexibility index (Phi) is 5.83. The van der Waals surface area contributed by atoms with E-state index >= 15 is 0 Å². The summed E-state index contributed by atoms with van der Waals surface area (Å²) in [4.78, 5) is 12.1. The third kappa shape index (κ3) is 4.31. The van der Waals surface area contributed by atoms with Gasteiger partial charge in [0.1, 0.15) is 0 Å². The van der Waals surface area contributed by atoms with Gasteiger partial charge < -0.3 is 0 Å². The lowest BCUT2D eigenvalue weighted by Crippen LogP contribution is -2.29. The van der Waals surface area contributed by atoms with Gasteiger partial charge in [0.25, 0.3) is 0 Å². The number of nitrogens with one attached hydrogen (secondary N) is 1. The highest BCUT2D eigenvalue weighted by molar-refractivity contribution is 7.89. The average molecular weight is 405 g/mol. The van der Waals surface area contributed by atoms with Crippen molar-refractivity contribution in [3.05, 3.63) is 63.8 Å². The summed E-state index contributed by atoms with van der Waals surface area (Å²) in [5, 5.41) is 0. The summed E-state index contributed by atoms with van der Waals surface area (Å²) in [5.74, 6) is 0.337. The minimum atomic E-state index is -3.71. The number of sulfonamides is 1. The molecule has 3 aromatic rings. The van der Waals surface area contributed by atoms with E-state index in [1.54, 1.807) is 22.8 Å². The van der Waals surface area contributed by atoms with Crippen molar-refractivity contribution in [1.29, 1.82) is 0 Å². The van der Waals surface area contributed by atoms with Gasteiger partial charge in [-0.1, -0.05) is 55.5 Å². The molecule has 1 atom stereocenters. The van der Waals surface area contributed by atoms with E-state index in [-0.39, 0.29) is 15.8 Å². The highest BCUT2D eigenvalue weighted by Crippen LogP contribution is 2.26. The molecule has 0 aliphatic carbocycles. The molecule has 0 aliphatic rings. The van der Waals surface area contributed by atoms with Crippen LogP contribution in [0.1, 0.15) is 38.8 Å². The van der Waals surface area contributed by atoms with Crippen molar-refractivity contribution in [3.8, 4) is 0 Å². The van der Waals surface area contributed by atoms with E-state index in [9.17, 15) is 13.2 Å². The molecule has 144 valence electrons. The zero-order chi connectivity index (χ0) is 19.6. The van der Waals surface area contributed by atoms with E-state index in [0.717, 1.165) is 22.4 Å². The normalized spacial score (nSPS) is 13.3. The second kappa shape index (κ2) is 7.96. The molecule has 0 spiro atoms. The zero-order valence-corrected chi connectivity index (χ0v) is 17.3. The quantitative estimate of drug-likeness (QED) is 0.643. The third-order valence-electron chi connectivity index (χ3n) is 4.47. The lowest BCUT2D eigenvalue weighted by atomic mass is 9.98. The number of hydrogen-bond donors (Lipinski definition) is 1. The van der Waals surface area contributed by atoms with E-state index < -0.39 is 10.0 Å². The van der Waals surface area contributed by atoms with Crippen LogP contribution < -0.4 is 9.60 Å². The zero-order valence-electron chi connectivity index (χ0n) is 15.7. The Hall–Kier alpha value is -1.96. The minimum Gasteiger partial charge on any atom is -0.299 e. The van der Waals surface area contributed by atoms with Crippen LogP contribution in [0.4, 0.5) is 0 Å². The van der Waals surface area contributed by atoms with Gasteiger partial charge in [-0.3, -0.25) is 9.36 Å². The maximum absolute atomic E-state index is 13.0. The molecule has 0 amide bonds. The number of thiazole rings is 1. The number of hydrogen-bond acceptors (Lipinski definition) is 4. The summed E-state index contributed by atoms with van der Waals surface area (Å²) in [7, 11) is -3.71. The summed E-state index contributed by atoms with van der Waals surface area (Å²) in [5.41, 5.74) is 1.71. The van der Waals surface area contributed by atoms with Gasteiger partial charge in [-0.05, 0) is 43.0 Å². The second-order valence-electron chi connectivity index (χ2n) is 6.96. The molecule has 0 saturated carbocycles. The molecule has 27 heavy (non-hydrogen) atoms. The molecule has 1 heterocycles. The first kappa shape index (κ1) is 19.8. The van der Waals surface area contributed by atoms with Gasteiger partial charge in [-0.2, -0.15) is 0 Å². The lowest BCUT2D eigenvalue weighted by Gasteiger charge is -2.21. The molecule has 0 aliphatic heterocycles. The molecule has 0 radical (unpaired) electrons. The van der Waals surface area contributed by atoms with Crippen molar-refractivity contribution in [1.82, 2.24) is 9.29 Å². The van der Waals surface area contributed by atoms with Gasteiger partial charge in [-0.15, -0.1) is 0 Å². The van der Waals surface area contributed by atoms with E-state index in [2.05, 4.69) is 18.6 Å². The van der Waals surface area contributed by atoms with Gasteiger partial charge >= 0.3 is 4.87 Å². The van der Waals surface area contributed by atoms with E-state index in [4.69, 9.17) is 0 Å². The molecule has 5 nitrogen and oxygen atoms in total. The fourth-order valence-electron chi connectivity index (χ4n) is 3.18. The van der Waals surface area contributed by atoms with Crippen LogP contribution in [0.3, 0.4) is 0 Å². The molecular weight excluding hydrogens is 380 g/mol. The van der Waals surface area contributed by atoms with Crippen LogP contribution in [0.25, 0.3) is 10.2 Å². The van der Waals surface area contributed by atoms with Crippen LogP contribution in [0.15, 0.2) is 58.2 Å². The minimum absolute atomic E-state index is 0.0722. The van der Waals surface area contributed by atoms with Crippen molar-refractivity contribution in [2.75, 3.05) is 0 Å². The fourth-order valence-corrected chi connectivity index (χ4v) is 5.51. The predicted octanol–water partition coefficient (Wildman–Crippen LogP) is 4.15. The number of aryl methyl sites for hydroxylation is 1. The molecule has 7 heteroatoms.